The van der Waals surface area contributed by atoms with E-state index in [1.807, 2.05) is 0 Å². The van der Waals surface area contributed by atoms with Crippen molar-refractivity contribution in [1.82, 2.24) is 4.98 Å². The topological polar surface area (TPSA) is 33.1 Å². The molecule has 0 aliphatic heterocycles. The highest BCUT2D eigenvalue weighted by Gasteiger charge is 2.19. The van der Waals surface area contributed by atoms with Crippen molar-refractivity contribution in [2.24, 2.45) is 0 Å². The van der Waals surface area contributed by atoms with E-state index in [0.29, 0.717) is 0 Å². The predicted molar refractivity (Wildman–Crippen MR) is 47.7 cm³/mol. The van der Waals surface area contributed by atoms with Crippen molar-refractivity contribution >= 4 is 15.9 Å². The summed E-state index contributed by atoms with van der Waals surface area (Å²) in [6, 6.07) is 0. The van der Waals surface area contributed by atoms with Crippen LogP contribution in [0.4, 0.5) is 13.2 Å². The van der Waals surface area contributed by atoms with Gasteiger partial charge >= 0.3 is 0 Å². The fraction of sp³-hybridized carbons (Fsp3) is 0.375. The van der Waals surface area contributed by atoms with Crippen LogP contribution in [-0.4, -0.2) is 10.1 Å². The maximum Gasteiger partial charge on any atom is 0.268 e. The molecule has 0 aliphatic rings. The van der Waals surface area contributed by atoms with Crippen LogP contribution in [0.3, 0.4) is 0 Å². The van der Waals surface area contributed by atoms with Gasteiger partial charge in [0.25, 0.3) is 6.43 Å². The van der Waals surface area contributed by atoms with Gasteiger partial charge in [0.05, 0.1) is 17.9 Å². The Morgan fingerprint density at radius 1 is 1.50 bits per heavy atom. The second-order valence-electron chi connectivity index (χ2n) is 2.55. The Hall–Kier alpha value is -0.620. The summed E-state index contributed by atoms with van der Waals surface area (Å²) in [5, 5.41) is 8.81. The molecule has 0 spiro atoms. The second-order valence-corrected chi connectivity index (χ2v) is 3.11. The Morgan fingerprint density at radius 2 is 2.14 bits per heavy atom. The summed E-state index contributed by atoms with van der Waals surface area (Å²) in [6.45, 7) is -0.471. The van der Waals surface area contributed by atoms with Gasteiger partial charge in [0, 0.05) is 17.1 Å². The van der Waals surface area contributed by atoms with Crippen LogP contribution in [0.2, 0.25) is 0 Å². The van der Waals surface area contributed by atoms with Crippen LogP contribution in [-0.2, 0) is 11.9 Å². The Balaban J connectivity index is 3.27. The molecule has 0 bridgehead atoms. The number of hydrogen-bond donors (Lipinski definition) is 1. The Bertz CT molecular complexity index is 333. The summed E-state index contributed by atoms with van der Waals surface area (Å²) in [7, 11) is 0. The van der Waals surface area contributed by atoms with Crippen LogP contribution in [0.25, 0.3) is 0 Å². The van der Waals surface area contributed by atoms with Gasteiger partial charge in [0.1, 0.15) is 5.82 Å². The summed E-state index contributed by atoms with van der Waals surface area (Å²) < 4.78 is 37.8. The molecule has 0 unspecified atom stereocenters. The van der Waals surface area contributed by atoms with E-state index in [2.05, 4.69) is 20.9 Å². The molecule has 0 saturated carbocycles. The first-order valence-electron chi connectivity index (χ1n) is 3.73. The zero-order valence-corrected chi connectivity index (χ0v) is 8.56. The third-order valence-corrected chi connectivity index (χ3v) is 2.31. The summed E-state index contributed by atoms with van der Waals surface area (Å²) in [4.78, 5) is 3.55. The number of halogens is 4. The van der Waals surface area contributed by atoms with Gasteiger partial charge in [0.15, 0.2) is 0 Å². The van der Waals surface area contributed by atoms with E-state index in [1.165, 1.54) is 0 Å². The molecule has 14 heavy (non-hydrogen) atoms. The molecular formula is C8H7BrF3NO. The third-order valence-electron chi connectivity index (χ3n) is 1.74. The zero-order chi connectivity index (χ0) is 10.7. The molecule has 0 fully saturated rings. The SMILES string of the molecule is OCc1ncc(C(F)F)c(F)c1CBr. The Morgan fingerprint density at radius 3 is 2.57 bits per heavy atom. The Kier molecular flexibility index (Phi) is 3.88. The first-order chi connectivity index (χ1) is 6.61. The van der Waals surface area contributed by atoms with E-state index in [9.17, 15) is 13.2 Å². The molecule has 78 valence electrons. The lowest BCUT2D eigenvalue weighted by Gasteiger charge is -2.08. The fourth-order valence-electron chi connectivity index (χ4n) is 1.01. The van der Waals surface area contributed by atoms with E-state index in [-0.39, 0.29) is 16.6 Å². The van der Waals surface area contributed by atoms with Crippen LogP contribution in [0.1, 0.15) is 23.2 Å². The van der Waals surface area contributed by atoms with Crippen LogP contribution in [0.15, 0.2) is 6.20 Å². The largest absolute Gasteiger partial charge is 0.390 e. The van der Waals surface area contributed by atoms with Gasteiger partial charge in [0.2, 0.25) is 0 Å². The summed E-state index contributed by atoms with van der Waals surface area (Å²) >= 11 is 2.95. The van der Waals surface area contributed by atoms with Crippen molar-refractivity contribution in [3.63, 3.8) is 0 Å². The first-order valence-corrected chi connectivity index (χ1v) is 4.85. The lowest BCUT2D eigenvalue weighted by atomic mass is 10.1. The first kappa shape index (κ1) is 11.5. The highest BCUT2D eigenvalue weighted by molar-refractivity contribution is 9.08. The molecular weight excluding hydrogens is 263 g/mol. The number of aliphatic hydroxyl groups is 1. The van der Waals surface area contributed by atoms with Gasteiger partial charge in [-0.15, -0.1) is 0 Å². The molecule has 0 radical (unpaired) electrons. The van der Waals surface area contributed by atoms with Crippen molar-refractivity contribution in [2.45, 2.75) is 18.4 Å². The molecule has 0 aromatic carbocycles. The van der Waals surface area contributed by atoms with Gasteiger partial charge in [-0.05, 0) is 0 Å². The molecule has 1 aromatic heterocycles. The number of nitrogens with zero attached hydrogens (tertiary/aromatic N) is 1. The van der Waals surface area contributed by atoms with E-state index in [1.54, 1.807) is 0 Å². The minimum Gasteiger partial charge on any atom is -0.390 e. The van der Waals surface area contributed by atoms with E-state index in [0.717, 1.165) is 6.20 Å². The molecule has 0 aliphatic carbocycles. The standard InChI is InChI=1S/C8H7BrF3NO/c9-1-4-6(3-14)13-2-5(7(4)10)8(11)12/h2,8,14H,1,3H2. The van der Waals surface area contributed by atoms with Gasteiger partial charge in [-0.3, -0.25) is 4.98 Å². The number of aromatic nitrogens is 1. The molecule has 0 saturated heterocycles. The minimum absolute atomic E-state index is 0.0229. The quantitative estimate of drug-likeness (QED) is 0.856. The smallest absolute Gasteiger partial charge is 0.268 e. The summed E-state index contributed by atoms with van der Waals surface area (Å²) in [5.41, 5.74) is -0.689. The average Bonchev–Trinajstić information content (AvgIpc) is 2.16. The van der Waals surface area contributed by atoms with Gasteiger partial charge < -0.3 is 5.11 Å². The van der Waals surface area contributed by atoms with Gasteiger partial charge in [-0.2, -0.15) is 0 Å². The number of aliphatic hydroxyl groups excluding tert-OH is 1. The molecule has 1 N–H and O–H groups in total. The van der Waals surface area contributed by atoms with Crippen molar-refractivity contribution in [3.05, 3.63) is 28.8 Å². The summed E-state index contributed by atoms with van der Waals surface area (Å²) in [6.07, 6.45) is -2.15. The van der Waals surface area contributed by atoms with Crippen LogP contribution >= 0.6 is 15.9 Å². The lowest BCUT2D eigenvalue weighted by Crippen LogP contribution is -2.04. The highest BCUT2D eigenvalue weighted by atomic mass is 79.9. The van der Waals surface area contributed by atoms with Crippen LogP contribution < -0.4 is 0 Å². The number of alkyl halides is 3. The van der Waals surface area contributed by atoms with E-state index < -0.39 is 24.4 Å². The Labute approximate surface area is 86.9 Å². The predicted octanol–water partition coefficient (Wildman–Crippen LogP) is 2.55. The number of rotatable bonds is 3. The van der Waals surface area contributed by atoms with Crippen molar-refractivity contribution < 1.29 is 18.3 Å². The highest BCUT2D eigenvalue weighted by Crippen LogP contribution is 2.26. The van der Waals surface area contributed by atoms with Gasteiger partial charge in [-0.1, -0.05) is 15.9 Å². The van der Waals surface area contributed by atoms with Crippen LogP contribution in [0, 0.1) is 5.82 Å². The van der Waals surface area contributed by atoms with Crippen LogP contribution in [0.5, 0.6) is 0 Å². The zero-order valence-electron chi connectivity index (χ0n) is 6.98. The normalized spacial score (nSPS) is 11.0. The molecule has 0 atom stereocenters. The monoisotopic (exact) mass is 269 g/mol. The average molecular weight is 270 g/mol. The van der Waals surface area contributed by atoms with E-state index in [4.69, 9.17) is 5.11 Å². The van der Waals surface area contributed by atoms with E-state index >= 15 is 0 Å². The number of pyridine rings is 1. The fourth-order valence-corrected chi connectivity index (χ4v) is 1.58. The maximum absolute atomic E-state index is 13.3. The molecule has 1 heterocycles. The molecule has 1 aromatic rings. The maximum atomic E-state index is 13.3. The molecule has 0 amide bonds. The molecule has 1 rings (SSSR count). The third kappa shape index (κ3) is 2.06. The number of hydrogen-bond acceptors (Lipinski definition) is 2. The second kappa shape index (κ2) is 4.75. The summed E-state index contributed by atoms with van der Waals surface area (Å²) in [5.74, 6) is -1.00. The van der Waals surface area contributed by atoms with Crippen molar-refractivity contribution in [2.75, 3.05) is 0 Å². The minimum atomic E-state index is -2.90. The van der Waals surface area contributed by atoms with Crippen molar-refractivity contribution in [3.8, 4) is 0 Å². The van der Waals surface area contributed by atoms with Crippen molar-refractivity contribution in [1.29, 1.82) is 0 Å². The lowest BCUT2D eigenvalue weighted by molar-refractivity contribution is 0.145. The molecule has 2 nitrogen and oxygen atoms in total. The van der Waals surface area contributed by atoms with Gasteiger partial charge in [-0.25, -0.2) is 13.2 Å². The molecule has 6 heteroatoms.